The molecular formula is C14H14N4S. The van der Waals surface area contributed by atoms with Crippen molar-refractivity contribution in [3.8, 4) is 0 Å². The van der Waals surface area contributed by atoms with Gasteiger partial charge in [-0.2, -0.15) is 0 Å². The van der Waals surface area contributed by atoms with Crippen LogP contribution in [0, 0.1) is 6.92 Å². The third-order valence-corrected chi connectivity index (χ3v) is 3.97. The van der Waals surface area contributed by atoms with Gasteiger partial charge in [-0.25, -0.2) is 15.0 Å². The summed E-state index contributed by atoms with van der Waals surface area (Å²) in [7, 11) is 0. The van der Waals surface area contributed by atoms with Crippen molar-refractivity contribution in [3.63, 3.8) is 0 Å². The first-order valence-electron chi connectivity index (χ1n) is 6.20. The third-order valence-electron chi connectivity index (χ3n) is 2.97. The van der Waals surface area contributed by atoms with Crippen LogP contribution in [-0.4, -0.2) is 19.5 Å². The Morgan fingerprint density at radius 1 is 1.16 bits per heavy atom. The second-order valence-corrected chi connectivity index (χ2v) is 5.23. The van der Waals surface area contributed by atoms with Crippen LogP contribution in [0.25, 0.3) is 11.2 Å². The smallest absolute Gasteiger partial charge is 0.182 e. The average molecular weight is 270 g/mol. The molecule has 5 heteroatoms. The maximum atomic E-state index is 4.48. The number of hydrogen-bond acceptors (Lipinski definition) is 4. The lowest BCUT2D eigenvalue weighted by Gasteiger charge is -2.06. The van der Waals surface area contributed by atoms with Gasteiger partial charge in [-0.15, -0.1) is 0 Å². The number of benzene rings is 1. The molecule has 0 amide bonds. The van der Waals surface area contributed by atoms with Crippen molar-refractivity contribution in [1.82, 2.24) is 19.5 Å². The van der Waals surface area contributed by atoms with E-state index in [2.05, 4.69) is 38.6 Å². The molecule has 0 unspecified atom stereocenters. The van der Waals surface area contributed by atoms with Gasteiger partial charge in [0.15, 0.2) is 5.65 Å². The Bertz CT molecular complexity index is 706. The quantitative estimate of drug-likeness (QED) is 0.685. The minimum Gasteiger partial charge on any atom is -0.325 e. The van der Waals surface area contributed by atoms with Crippen molar-refractivity contribution in [2.45, 2.75) is 30.3 Å². The molecule has 96 valence electrons. The van der Waals surface area contributed by atoms with Crippen LogP contribution in [0.5, 0.6) is 0 Å². The van der Waals surface area contributed by atoms with Gasteiger partial charge in [-0.3, -0.25) is 0 Å². The highest BCUT2D eigenvalue weighted by Gasteiger charge is 2.13. The van der Waals surface area contributed by atoms with Crippen molar-refractivity contribution in [1.29, 1.82) is 0 Å². The molecule has 4 nitrogen and oxygen atoms in total. The summed E-state index contributed by atoms with van der Waals surface area (Å²) < 4.78 is 2.15. The summed E-state index contributed by atoms with van der Waals surface area (Å²) in [5, 5.41) is 0.957. The number of nitrogens with zero attached hydrogens (tertiary/aromatic N) is 4. The van der Waals surface area contributed by atoms with E-state index >= 15 is 0 Å². The van der Waals surface area contributed by atoms with Gasteiger partial charge >= 0.3 is 0 Å². The van der Waals surface area contributed by atoms with Crippen molar-refractivity contribution in [2.75, 3.05) is 0 Å². The Kier molecular flexibility index (Phi) is 3.21. The predicted molar refractivity (Wildman–Crippen MR) is 76.3 cm³/mol. The van der Waals surface area contributed by atoms with Crippen LogP contribution in [0.2, 0.25) is 0 Å². The fourth-order valence-electron chi connectivity index (χ4n) is 2.11. The molecular weight excluding hydrogens is 256 g/mol. The van der Waals surface area contributed by atoms with Crippen molar-refractivity contribution >= 4 is 22.9 Å². The molecule has 0 radical (unpaired) electrons. The summed E-state index contributed by atoms with van der Waals surface area (Å²) in [6, 6.07) is 10.2. The Balaban J connectivity index is 2.13. The molecule has 3 aromatic rings. The third kappa shape index (κ3) is 2.21. The SMILES string of the molecule is CCn1c(C)nc2ncnc(Sc3ccccc3)c21. The van der Waals surface area contributed by atoms with Gasteiger partial charge in [0.1, 0.15) is 22.7 Å². The number of hydrogen-bond donors (Lipinski definition) is 0. The van der Waals surface area contributed by atoms with Gasteiger partial charge in [0.25, 0.3) is 0 Å². The van der Waals surface area contributed by atoms with Gasteiger partial charge in [0.05, 0.1) is 0 Å². The predicted octanol–water partition coefficient (Wildman–Crippen LogP) is 3.31. The van der Waals surface area contributed by atoms with E-state index in [-0.39, 0.29) is 0 Å². The molecule has 0 bridgehead atoms. The fourth-order valence-corrected chi connectivity index (χ4v) is 3.02. The first-order valence-corrected chi connectivity index (χ1v) is 7.02. The summed E-state index contributed by atoms with van der Waals surface area (Å²) in [4.78, 5) is 14.3. The van der Waals surface area contributed by atoms with E-state index in [1.54, 1.807) is 18.1 Å². The van der Waals surface area contributed by atoms with Crippen LogP contribution in [-0.2, 0) is 6.54 Å². The minimum absolute atomic E-state index is 0.771. The van der Waals surface area contributed by atoms with Crippen molar-refractivity contribution in [3.05, 3.63) is 42.5 Å². The zero-order valence-corrected chi connectivity index (χ0v) is 11.7. The average Bonchev–Trinajstić information content (AvgIpc) is 2.76. The molecule has 0 aliphatic rings. The van der Waals surface area contributed by atoms with E-state index in [0.717, 1.165) is 28.6 Å². The highest BCUT2D eigenvalue weighted by molar-refractivity contribution is 7.99. The Labute approximate surface area is 115 Å². The van der Waals surface area contributed by atoms with Gasteiger partial charge in [0, 0.05) is 11.4 Å². The Hall–Kier alpha value is -1.88. The van der Waals surface area contributed by atoms with Crippen LogP contribution < -0.4 is 0 Å². The molecule has 0 fully saturated rings. The minimum atomic E-state index is 0.771. The molecule has 0 spiro atoms. The number of aromatic nitrogens is 4. The first-order chi connectivity index (χ1) is 9.29. The van der Waals surface area contributed by atoms with Gasteiger partial charge < -0.3 is 4.57 Å². The lowest BCUT2D eigenvalue weighted by Crippen LogP contribution is -1.98. The Morgan fingerprint density at radius 2 is 1.95 bits per heavy atom. The van der Waals surface area contributed by atoms with Gasteiger partial charge in [-0.1, -0.05) is 30.0 Å². The summed E-state index contributed by atoms with van der Waals surface area (Å²) in [5.74, 6) is 0.980. The molecule has 2 aromatic heterocycles. The van der Waals surface area contributed by atoms with Crippen molar-refractivity contribution in [2.24, 2.45) is 0 Å². The zero-order chi connectivity index (χ0) is 13.2. The summed E-state index contributed by atoms with van der Waals surface area (Å²) >= 11 is 1.65. The lowest BCUT2D eigenvalue weighted by atomic mass is 10.4. The monoisotopic (exact) mass is 270 g/mol. The van der Waals surface area contributed by atoms with Crippen LogP contribution in [0.4, 0.5) is 0 Å². The van der Waals surface area contributed by atoms with E-state index in [1.807, 2.05) is 25.1 Å². The van der Waals surface area contributed by atoms with E-state index in [0.29, 0.717) is 0 Å². The van der Waals surface area contributed by atoms with Crippen molar-refractivity contribution < 1.29 is 0 Å². The molecule has 0 aliphatic heterocycles. The normalized spacial score (nSPS) is 11.1. The largest absolute Gasteiger partial charge is 0.325 e. The highest BCUT2D eigenvalue weighted by Crippen LogP contribution is 2.31. The summed E-state index contributed by atoms with van der Waals surface area (Å²) in [6.07, 6.45) is 1.58. The number of fused-ring (bicyclic) bond motifs is 1. The zero-order valence-electron chi connectivity index (χ0n) is 10.9. The first kappa shape index (κ1) is 12.2. The summed E-state index contributed by atoms with van der Waals surface area (Å²) in [6.45, 7) is 4.98. The molecule has 0 saturated heterocycles. The van der Waals surface area contributed by atoms with E-state index in [1.165, 1.54) is 4.90 Å². The molecule has 2 heterocycles. The molecule has 3 rings (SSSR count). The number of aryl methyl sites for hydroxylation is 2. The maximum Gasteiger partial charge on any atom is 0.182 e. The van der Waals surface area contributed by atoms with E-state index in [9.17, 15) is 0 Å². The molecule has 0 atom stereocenters. The lowest BCUT2D eigenvalue weighted by molar-refractivity contribution is 0.746. The standard InChI is InChI=1S/C14H14N4S/c1-3-18-10(2)17-13-12(18)14(16-9-15-13)19-11-7-5-4-6-8-11/h4-9H,3H2,1-2H3. The van der Waals surface area contributed by atoms with Crippen LogP contribution >= 0.6 is 11.8 Å². The second kappa shape index (κ2) is 5.01. The highest BCUT2D eigenvalue weighted by atomic mass is 32.2. The fraction of sp³-hybridized carbons (Fsp3) is 0.214. The maximum absolute atomic E-state index is 4.48. The van der Waals surface area contributed by atoms with Crippen LogP contribution in [0.1, 0.15) is 12.7 Å². The van der Waals surface area contributed by atoms with E-state index < -0.39 is 0 Å². The molecule has 0 saturated carbocycles. The van der Waals surface area contributed by atoms with E-state index in [4.69, 9.17) is 0 Å². The second-order valence-electron chi connectivity index (χ2n) is 4.17. The number of imidazole rings is 1. The Morgan fingerprint density at radius 3 is 2.68 bits per heavy atom. The molecule has 0 aliphatic carbocycles. The topological polar surface area (TPSA) is 43.6 Å². The molecule has 19 heavy (non-hydrogen) atoms. The molecule has 1 aromatic carbocycles. The van der Waals surface area contributed by atoms with Crippen LogP contribution in [0.15, 0.2) is 46.6 Å². The molecule has 0 N–H and O–H groups in total. The van der Waals surface area contributed by atoms with Crippen LogP contribution in [0.3, 0.4) is 0 Å². The van der Waals surface area contributed by atoms with Gasteiger partial charge in [0.2, 0.25) is 0 Å². The van der Waals surface area contributed by atoms with Gasteiger partial charge in [-0.05, 0) is 26.0 Å². The summed E-state index contributed by atoms with van der Waals surface area (Å²) in [5.41, 5.74) is 1.80. The number of rotatable bonds is 3.